The molecule has 0 amide bonds. The molecule has 0 radical (unpaired) electrons. The molecule has 0 saturated carbocycles. The molecule has 4 unspecified atom stereocenters. The summed E-state index contributed by atoms with van der Waals surface area (Å²) >= 11 is 0. The maximum atomic E-state index is 9.34. The van der Waals surface area contributed by atoms with E-state index in [9.17, 15) is 39.6 Å². The van der Waals surface area contributed by atoms with Crippen LogP contribution in [0.2, 0.25) is 0 Å². The van der Waals surface area contributed by atoms with Gasteiger partial charge in [0.05, 0.1) is 48.3 Å². The van der Waals surface area contributed by atoms with Crippen molar-refractivity contribution in [3.05, 3.63) is 0 Å². The third-order valence-electron chi connectivity index (χ3n) is 1.36. The number of carboxylic acid groups (broad SMARTS) is 4. The molecule has 0 heterocycles. The molecule has 26 heavy (non-hydrogen) atoms. The zero-order valence-corrected chi connectivity index (χ0v) is 16.3. The van der Waals surface area contributed by atoms with Crippen LogP contribution < -0.4 is 20.4 Å². The SMILES string of the molecule is CC(O)C(=O)[O-].CC(O)C(=O)[O-].CC(O)C(=O)[O-].CC(O)C(=O)[O-].[NaH].[Zr+4]. The Hall–Kier alpha value is -0.397. The van der Waals surface area contributed by atoms with E-state index in [2.05, 4.69) is 0 Å². The second-order valence-electron chi connectivity index (χ2n) is 3.98. The summed E-state index contributed by atoms with van der Waals surface area (Å²) in [6, 6.07) is 0. The molecule has 12 nitrogen and oxygen atoms in total. The number of hydrogen-bond acceptors (Lipinski definition) is 12. The summed E-state index contributed by atoms with van der Waals surface area (Å²) < 4.78 is 0. The standard InChI is InChI=1S/4C3H6O3.Na.Zr.H/c4*1-2(4)3(5)6;;;/h4*2,4H,1H3,(H,5,6);;;/q;;;;;+4;/p-4. The molecular weight excluding hydrogens is 450 g/mol. The number of carbonyl (C=O) groups excluding carboxylic acids is 4. The van der Waals surface area contributed by atoms with Gasteiger partial charge in [0.25, 0.3) is 0 Å². The third kappa shape index (κ3) is 49.5. The largest absolute Gasteiger partial charge is 4.00 e. The Bertz CT molecular complexity index is 312. The average Bonchev–Trinajstić information content (AvgIpc) is 2.40. The van der Waals surface area contributed by atoms with Crippen molar-refractivity contribution in [1.29, 1.82) is 0 Å². The van der Waals surface area contributed by atoms with Crippen molar-refractivity contribution < 1.29 is 86.2 Å². The first-order valence-electron chi connectivity index (χ1n) is 6.13. The van der Waals surface area contributed by atoms with Crippen molar-refractivity contribution in [3.8, 4) is 0 Å². The summed E-state index contributed by atoms with van der Waals surface area (Å²) in [6.07, 6.45) is -5.37. The Morgan fingerprint density at radius 1 is 0.538 bits per heavy atom. The first-order chi connectivity index (χ1) is 10.6. The number of aliphatic carboxylic acids is 4. The monoisotopic (exact) mass is 470 g/mol. The summed E-state index contributed by atoms with van der Waals surface area (Å²) in [5.41, 5.74) is 0. The van der Waals surface area contributed by atoms with Crippen LogP contribution in [0.1, 0.15) is 27.7 Å². The van der Waals surface area contributed by atoms with Crippen molar-refractivity contribution in [2.75, 3.05) is 0 Å². The Labute approximate surface area is 190 Å². The maximum absolute atomic E-state index is 9.34. The normalized spacial score (nSPS) is 12.6. The minimum Gasteiger partial charge on any atom is 4.00 e. The van der Waals surface area contributed by atoms with Crippen LogP contribution >= 0.6 is 0 Å². The van der Waals surface area contributed by atoms with E-state index in [0.29, 0.717) is 0 Å². The Morgan fingerprint density at radius 2 is 0.577 bits per heavy atom. The fourth-order valence-electron chi connectivity index (χ4n) is 0. The Kier molecular flexibility index (Phi) is 38.2. The first kappa shape index (κ1) is 40.3. The van der Waals surface area contributed by atoms with Gasteiger partial charge in [0, 0.05) is 0 Å². The van der Waals surface area contributed by atoms with Gasteiger partial charge in [-0.2, -0.15) is 0 Å². The molecule has 4 atom stereocenters. The number of aliphatic hydroxyl groups is 4. The van der Waals surface area contributed by atoms with E-state index >= 15 is 0 Å². The first-order valence-corrected chi connectivity index (χ1v) is 6.13. The smallest absolute Gasteiger partial charge is 4.00 e. The van der Waals surface area contributed by atoms with Crippen LogP contribution in [0.15, 0.2) is 0 Å². The van der Waals surface area contributed by atoms with Crippen LogP contribution in [-0.4, -0.2) is 98.3 Å². The maximum Gasteiger partial charge on any atom is 4.00 e. The summed E-state index contributed by atoms with van der Waals surface area (Å²) in [6.45, 7) is 4.54. The fourth-order valence-corrected chi connectivity index (χ4v) is 0. The van der Waals surface area contributed by atoms with Crippen LogP contribution in [0.4, 0.5) is 0 Å². The fraction of sp³-hybridized carbons (Fsp3) is 0.667. The van der Waals surface area contributed by atoms with E-state index in [1.165, 1.54) is 0 Å². The molecule has 0 bridgehead atoms. The molecule has 0 rings (SSSR count). The van der Waals surface area contributed by atoms with Gasteiger partial charge in [-0.05, 0) is 27.7 Å². The number of rotatable bonds is 4. The van der Waals surface area contributed by atoms with E-state index in [1.807, 2.05) is 0 Å². The number of carbonyl (C=O) groups is 4. The van der Waals surface area contributed by atoms with Crippen LogP contribution in [0.3, 0.4) is 0 Å². The van der Waals surface area contributed by atoms with Gasteiger partial charge in [0.2, 0.25) is 0 Å². The second-order valence-corrected chi connectivity index (χ2v) is 3.98. The number of hydrogen-bond donors (Lipinski definition) is 4. The topological polar surface area (TPSA) is 241 Å². The Balaban J connectivity index is -0.0000000500. The molecule has 4 N–H and O–H groups in total. The third-order valence-corrected chi connectivity index (χ3v) is 1.36. The predicted octanol–water partition coefficient (Wildman–Crippen LogP) is -8.18. The van der Waals surface area contributed by atoms with Crippen molar-refractivity contribution >= 4 is 53.4 Å². The van der Waals surface area contributed by atoms with Crippen LogP contribution in [0.25, 0.3) is 0 Å². The molecule has 0 spiro atoms. The van der Waals surface area contributed by atoms with E-state index in [0.717, 1.165) is 27.7 Å². The van der Waals surface area contributed by atoms with Crippen LogP contribution in [0.5, 0.6) is 0 Å². The molecule has 0 saturated heterocycles. The van der Waals surface area contributed by atoms with Gasteiger partial charge in [-0.1, -0.05) is 0 Å². The van der Waals surface area contributed by atoms with E-state index in [4.69, 9.17) is 20.4 Å². The number of aliphatic hydroxyl groups excluding tert-OH is 4. The number of carboxylic acids is 4. The second kappa shape index (κ2) is 24.6. The van der Waals surface area contributed by atoms with E-state index < -0.39 is 48.3 Å². The molecule has 0 aliphatic rings. The minimum absolute atomic E-state index is 0. The summed E-state index contributed by atoms with van der Waals surface area (Å²) in [7, 11) is 0. The van der Waals surface area contributed by atoms with Crippen LogP contribution in [0, 0.1) is 0 Å². The Morgan fingerprint density at radius 3 is 0.577 bits per heavy atom. The van der Waals surface area contributed by atoms with Crippen molar-refractivity contribution in [1.82, 2.24) is 0 Å². The van der Waals surface area contributed by atoms with Gasteiger partial charge < -0.3 is 60.0 Å². The van der Waals surface area contributed by atoms with Gasteiger partial charge >= 0.3 is 55.8 Å². The quantitative estimate of drug-likeness (QED) is 0.279. The molecule has 0 aliphatic heterocycles. The average molecular weight is 472 g/mol. The van der Waals surface area contributed by atoms with E-state index in [-0.39, 0.29) is 55.8 Å². The van der Waals surface area contributed by atoms with Gasteiger partial charge in [-0.25, -0.2) is 0 Å². The molecule has 146 valence electrons. The zero-order chi connectivity index (χ0) is 20.6. The zero-order valence-electron chi connectivity index (χ0n) is 13.9. The van der Waals surface area contributed by atoms with Gasteiger partial charge in [0.1, 0.15) is 0 Å². The molecular formula is C12H21NaO12Zr. The van der Waals surface area contributed by atoms with Crippen LogP contribution in [-0.2, 0) is 45.4 Å². The molecule has 0 aromatic rings. The van der Waals surface area contributed by atoms with Gasteiger partial charge in [-0.3, -0.25) is 0 Å². The van der Waals surface area contributed by atoms with Gasteiger partial charge in [0.15, 0.2) is 0 Å². The summed E-state index contributed by atoms with van der Waals surface area (Å²) in [5.74, 6) is -5.74. The van der Waals surface area contributed by atoms with Crippen molar-refractivity contribution in [3.63, 3.8) is 0 Å². The summed E-state index contributed by atoms with van der Waals surface area (Å²) in [5, 5.41) is 69.2. The molecule has 0 aromatic heterocycles. The minimum atomic E-state index is -1.44. The van der Waals surface area contributed by atoms with Gasteiger partial charge in [-0.15, -0.1) is 0 Å². The van der Waals surface area contributed by atoms with Crippen molar-refractivity contribution in [2.45, 2.75) is 52.1 Å². The molecule has 0 fully saturated rings. The molecule has 0 aromatic carbocycles. The predicted molar refractivity (Wildman–Crippen MR) is 73.9 cm³/mol. The molecule has 0 aliphatic carbocycles. The summed E-state index contributed by atoms with van der Waals surface area (Å²) in [4.78, 5) is 37.4. The van der Waals surface area contributed by atoms with E-state index in [1.54, 1.807) is 0 Å². The molecule has 14 heteroatoms. The van der Waals surface area contributed by atoms with Crippen molar-refractivity contribution in [2.24, 2.45) is 0 Å².